The molecule has 0 radical (unpaired) electrons. The molecule has 0 saturated carbocycles. The van der Waals surface area contributed by atoms with Gasteiger partial charge in [0.05, 0.1) is 30.4 Å². The number of nitrogens with two attached hydrogens (primary N) is 1. The maximum atomic E-state index is 11.7. The van der Waals surface area contributed by atoms with Crippen molar-refractivity contribution in [2.24, 2.45) is 15.7 Å². The summed E-state index contributed by atoms with van der Waals surface area (Å²) in [5.74, 6) is 1.98. The Morgan fingerprint density at radius 1 is 1.11 bits per heavy atom. The predicted octanol–water partition coefficient (Wildman–Crippen LogP) is 6.91. The largest absolute Gasteiger partial charge is 0.493 e. The molecule has 3 aliphatic heterocycles. The number of amidine groups is 2. The zero-order valence-electron chi connectivity index (χ0n) is 31.7. The molecule has 5 rings (SSSR count). The van der Waals surface area contributed by atoms with Gasteiger partial charge in [-0.2, -0.15) is 0 Å². The molecule has 1 amide bonds. The standard InChI is InChI=1S/C44H55N7O4/c1-4-5-7-15-38(50-43(52)40(51-44(53)54)35-12-8-6-9-13-35)42-48-27-24-34(21-18-31(3)49-42)33-14-11-28-55-39-29-32(19-22-36(39)30(2)17-20-33)23-26-47-41(45)37-16-10-25-46-37/h6,8-9,12-14,17-24,26,29,37-38,40,43,46,50-52H,2-5,7,10-11,15-16,25,27-28H2,1H3,(H2,45,47)(H,48,49)(H,53,54)/b20-17-,21-18-,26-23+,33-14+,34-24+/t37-,38-,40+,43?/m0/s1. The minimum Gasteiger partial charge on any atom is -0.493 e. The van der Waals surface area contributed by atoms with Crippen LogP contribution in [0.4, 0.5) is 4.79 Å². The molecule has 2 aromatic carbocycles. The summed E-state index contributed by atoms with van der Waals surface area (Å²) in [7, 11) is 0. The number of nitrogens with zero attached hydrogens (tertiary/aromatic N) is 2. The highest BCUT2D eigenvalue weighted by molar-refractivity contribution is 5.89. The predicted molar refractivity (Wildman–Crippen MR) is 224 cm³/mol. The zero-order chi connectivity index (χ0) is 39.0. The Labute approximate surface area is 325 Å². The van der Waals surface area contributed by atoms with Crippen LogP contribution in [0.5, 0.6) is 5.75 Å². The number of unbranched alkanes of at least 4 members (excludes halogenated alkanes) is 2. The normalized spacial score (nSPS) is 23.7. The molecule has 0 aliphatic carbocycles. The van der Waals surface area contributed by atoms with E-state index in [1.807, 2.05) is 60.7 Å². The molecule has 0 spiro atoms. The van der Waals surface area contributed by atoms with Crippen LogP contribution >= 0.6 is 0 Å². The van der Waals surface area contributed by atoms with Crippen molar-refractivity contribution in [1.29, 1.82) is 0 Å². The minimum absolute atomic E-state index is 0.142. The quantitative estimate of drug-likeness (QED) is 0.0475. The number of aliphatic imine (C=N–C) groups is 2. The topological polar surface area (TPSA) is 166 Å². The van der Waals surface area contributed by atoms with Crippen LogP contribution in [0.1, 0.15) is 74.6 Å². The summed E-state index contributed by atoms with van der Waals surface area (Å²) in [5.41, 5.74) is 12.0. The number of nitrogens with one attached hydrogen (secondary N) is 4. The molecule has 11 nitrogen and oxygen atoms in total. The summed E-state index contributed by atoms with van der Waals surface area (Å²) >= 11 is 0. The summed E-state index contributed by atoms with van der Waals surface area (Å²) in [6.07, 6.45) is 19.8. The van der Waals surface area contributed by atoms with Crippen molar-refractivity contribution in [2.75, 3.05) is 19.7 Å². The highest BCUT2D eigenvalue weighted by atomic mass is 16.5. The third-order valence-electron chi connectivity index (χ3n) is 9.67. The summed E-state index contributed by atoms with van der Waals surface area (Å²) in [6.45, 7) is 12.6. The molecule has 1 unspecified atom stereocenters. The van der Waals surface area contributed by atoms with Crippen molar-refractivity contribution in [3.05, 3.63) is 138 Å². The minimum atomic E-state index is -1.23. The SMILES string of the molecule is C=C1\C=C/C(C2=C/CCOc3cc(/C=C/N=C(\N)[C@@H]4CCCN4)ccc3C(=C)/C=C\2)=C\CN/C([C@H](CCCCC)NC(O)[C@H](NC(=O)O)c2ccccc2)=N\1. The van der Waals surface area contributed by atoms with Gasteiger partial charge in [-0.25, -0.2) is 14.8 Å². The fourth-order valence-corrected chi connectivity index (χ4v) is 6.71. The van der Waals surface area contributed by atoms with Crippen LogP contribution < -0.4 is 31.7 Å². The average molecular weight is 746 g/mol. The van der Waals surface area contributed by atoms with Crippen LogP contribution in [0.3, 0.4) is 0 Å². The van der Waals surface area contributed by atoms with Crippen molar-refractivity contribution in [1.82, 2.24) is 21.3 Å². The smallest absolute Gasteiger partial charge is 0.405 e. The van der Waals surface area contributed by atoms with E-state index in [9.17, 15) is 15.0 Å². The number of rotatable bonds is 14. The number of ether oxygens (including phenoxy) is 1. The number of fused-ring (bicyclic) bond motifs is 1. The number of benzene rings is 2. The lowest BCUT2D eigenvalue weighted by Gasteiger charge is -2.30. The van der Waals surface area contributed by atoms with E-state index in [1.165, 1.54) is 0 Å². The molecular formula is C44H55N7O4. The Morgan fingerprint density at radius 2 is 1.91 bits per heavy atom. The molecule has 0 bridgehead atoms. The number of aliphatic hydroxyl groups is 1. The first kappa shape index (κ1) is 40.7. The van der Waals surface area contributed by atoms with E-state index in [-0.39, 0.29) is 6.04 Å². The first-order chi connectivity index (χ1) is 26.7. The monoisotopic (exact) mass is 745 g/mol. The second-order valence-corrected chi connectivity index (χ2v) is 13.8. The van der Waals surface area contributed by atoms with Gasteiger partial charge in [-0.1, -0.05) is 112 Å². The van der Waals surface area contributed by atoms with Gasteiger partial charge in [-0.15, -0.1) is 0 Å². The van der Waals surface area contributed by atoms with Gasteiger partial charge in [-0.05, 0) is 71.9 Å². The van der Waals surface area contributed by atoms with Crippen LogP contribution in [0.25, 0.3) is 11.6 Å². The van der Waals surface area contributed by atoms with Crippen molar-refractivity contribution in [3.8, 4) is 5.75 Å². The van der Waals surface area contributed by atoms with Crippen molar-refractivity contribution in [2.45, 2.75) is 76.2 Å². The van der Waals surface area contributed by atoms with E-state index >= 15 is 0 Å². The van der Waals surface area contributed by atoms with Gasteiger partial charge in [0.2, 0.25) is 0 Å². The van der Waals surface area contributed by atoms with Gasteiger partial charge in [0, 0.05) is 24.7 Å². The third kappa shape index (κ3) is 12.3. The fourth-order valence-electron chi connectivity index (χ4n) is 6.71. The number of hydrogen-bond donors (Lipinski definition) is 7. The maximum absolute atomic E-state index is 11.7. The molecule has 1 saturated heterocycles. The average Bonchev–Trinajstić information content (AvgIpc) is 3.75. The molecule has 3 heterocycles. The van der Waals surface area contributed by atoms with Crippen LogP contribution in [0.15, 0.2) is 131 Å². The Hall–Kier alpha value is -5.49. The zero-order valence-corrected chi connectivity index (χ0v) is 31.7. The van der Waals surface area contributed by atoms with Crippen molar-refractivity contribution < 1.29 is 19.7 Å². The summed E-state index contributed by atoms with van der Waals surface area (Å²) in [6, 6.07) is 13.9. The first-order valence-corrected chi connectivity index (χ1v) is 19.2. The molecular weight excluding hydrogens is 691 g/mol. The molecule has 11 heteroatoms. The van der Waals surface area contributed by atoms with E-state index in [0.29, 0.717) is 48.9 Å². The molecule has 8 N–H and O–H groups in total. The van der Waals surface area contributed by atoms with Gasteiger partial charge in [-0.3, -0.25) is 5.32 Å². The molecule has 55 heavy (non-hydrogen) atoms. The number of carbonyl (C=O) groups is 1. The maximum Gasteiger partial charge on any atom is 0.405 e. The molecule has 0 aromatic heterocycles. The van der Waals surface area contributed by atoms with E-state index in [1.54, 1.807) is 18.3 Å². The first-order valence-electron chi connectivity index (χ1n) is 19.2. The Balaban J connectivity index is 1.29. The summed E-state index contributed by atoms with van der Waals surface area (Å²) in [4.78, 5) is 21.0. The van der Waals surface area contributed by atoms with E-state index in [4.69, 9.17) is 15.5 Å². The molecule has 3 aliphatic rings. The highest BCUT2D eigenvalue weighted by Gasteiger charge is 2.28. The lowest BCUT2D eigenvalue weighted by Crippen LogP contribution is -2.53. The molecule has 290 valence electrons. The number of allylic oxidation sites excluding steroid dienone is 7. The van der Waals surface area contributed by atoms with Crippen molar-refractivity contribution in [3.63, 3.8) is 0 Å². The number of carboxylic acid groups (broad SMARTS) is 1. The van der Waals surface area contributed by atoms with Crippen LogP contribution in [0.2, 0.25) is 0 Å². The Morgan fingerprint density at radius 3 is 2.67 bits per heavy atom. The highest BCUT2D eigenvalue weighted by Crippen LogP contribution is 2.30. The van der Waals surface area contributed by atoms with Gasteiger partial charge < -0.3 is 36.6 Å². The van der Waals surface area contributed by atoms with Crippen molar-refractivity contribution >= 4 is 29.4 Å². The third-order valence-corrected chi connectivity index (χ3v) is 9.67. The second kappa shape index (κ2) is 20.8. The fraction of sp³-hybridized carbons (Fsp3) is 0.341. The van der Waals surface area contributed by atoms with Crippen LogP contribution in [-0.4, -0.2) is 66.0 Å². The Bertz CT molecular complexity index is 1870. The number of hydrogen-bond acceptors (Lipinski definition) is 8. The van der Waals surface area contributed by atoms with Gasteiger partial charge >= 0.3 is 6.09 Å². The summed E-state index contributed by atoms with van der Waals surface area (Å²) < 4.78 is 6.29. The number of aliphatic hydroxyl groups excluding tert-OH is 1. The molecule has 2 aromatic rings. The summed E-state index contributed by atoms with van der Waals surface area (Å²) in [5, 5.41) is 33.5. The molecule has 4 atom stereocenters. The van der Waals surface area contributed by atoms with Crippen LogP contribution in [0, 0.1) is 0 Å². The van der Waals surface area contributed by atoms with Gasteiger partial charge in [0.25, 0.3) is 0 Å². The van der Waals surface area contributed by atoms with E-state index < -0.39 is 24.4 Å². The number of amides is 1. The second-order valence-electron chi connectivity index (χ2n) is 13.8. The van der Waals surface area contributed by atoms with E-state index in [0.717, 1.165) is 72.2 Å². The van der Waals surface area contributed by atoms with Gasteiger partial charge in [0.1, 0.15) is 23.6 Å². The Kier molecular flexibility index (Phi) is 15.4. The van der Waals surface area contributed by atoms with Gasteiger partial charge in [0.15, 0.2) is 0 Å². The lowest BCUT2D eigenvalue weighted by atomic mass is 9.98. The lowest BCUT2D eigenvalue weighted by molar-refractivity contribution is 0.0841. The van der Waals surface area contributed by atoms with Crippen LogP contribution in [-0.2, 0) is 0 Å². The molecule has 1 fully saturated rings. The van der Waals surface area contributed by atoms with E-state index in [2.05, 4.69) is 64.6 Å².